The first-order valence-electron chi connectivity index (χ1n) is 11.1. The van der Waals surface area contributed by atoms with Crippen LogP contribution in [0.15, 0.2) is 77.9 Å². The highest BCUT2D eigenvalue weighted by Gasteiger charge is 2.18. The molecular formula is C28H24N2O5. The Morgan fingerprint density at radius 3 is 2.37 bits per heavy atom. The molecule has 0 aliphatic carbocycles. The van der Waals surface area contributed by atoms with Crippen molar-refractivity contribution in [3.8, 4) is 28.4 Å². The average molecular weight is 469 g/mol. The monoisotopic (exact) mass is 468 g/mol. The molecule has 0 spiro atoms. The normalized spacial score (nSPS) is 11.2. The number of fused-ring (bicyclic) bond motifs is 2. The first-order chi connectivity index (χ1) is 17.1. The number of nitrogens with zero attached hydrogens (tertiary/aromatic N) is 2. The van der Waals surface area contributed by atoms with Gasteiger partial charge >= 0.3 is 0 Å². The molecule has 0 saturated heterocycles. The van der Waals surface area contributed by atoms with Crippen LogP contribution in [0.5, 0.6) is 11.5 Å². The van der Waals surface area contributed by atoms with Gasteiger partial charge in [0.25, 0.3) is 5.56 Å². The van der Waals surface area contributed by atoms with Crippen LogP contribution in [-0.4, -0.2) is 34.0 Å². The van der Waals surface area contributed by atoms with E-state index in [1.165, 1.54) is 4.57 Å². The van der Waals surface area contributed by atoms with Gasteiger partial charge in [0.15, 0.2) is 11.5 Å². The smallest absolute Gasteiger partial charge is 0.264 e. The van der Waals surface area contributed by atoms with Crippen LogP contribution >= 0.6 is 0 Å². The molecule has 3 aromatic carbocycles. The molecule has 5 rings (SSSR count). The highest BCUT2D eigenvalue weighted by molar-refractivity contribution is 6.01. The van der Waals surface area contributed by atoms with Gasteiger partial charge in [-0.2, -0.15) is 0 Å². The largest absolute Gasteiger partial charge is 0.493 e. The number of aliphatic hydroxyl groups excluding tert-OH is 2. The highest BCUT2D eigenvalue weighted by atomic mass is 16.5. The second-order valence-corrected chi connectivity index (χ2v) is 8.11. The van der Waals surface area contributed by atoms with Crippen molar-refractivity contribution in [2.75, 3.05) is 14.2 Å². The van der Waals surface area contributed by atoms with Gasteiger partial charge in [-0.1, -0.05) is 18.2 Å². The topological polar surface area (TPSA) is 93.8 Å². The summed E-state index contributed by atoms with van der Waals surface area (Å²) in [5.74, 6) is 1.55. The number of hydrogen-bond donors (Lipinski definition) is 2. The molecule has 0 fully saturated rings. The SMILES string of the molecule is COc1cc2cc(CO)c(CO)c(-c3ccnc(-n4ccc5ccccc5c4=O)c3)c2cc1OC. The lowest BCUT2D eigenvalue weighted by Gasteiger charge is -2.18. The standard InChI is InChI=1S/C28H24N2O5/c1-34-24-12-19-11-20(15-31)23(16-32)27(22(19)14-25(24)35-2)18-7-9-29-26(13-18)30-10-8-17-5-3-4-6-21(17)28(30)33/h3-14,31-32H,15-16H2,1-2H3. The Kier molecular flexibility index (Phi) is 5.94. The quantitative estimate of drug-likeness (QED) is 0.388. The molecule has 0 amide bonds. The summed E-state index contributed by atoms with van der Waals surface area (Å²) >= 11 is 0. The Morgan fingerprint density at radius 1 is 0.857 bits per heavy atom. The van der Waals surface area contributed by atoms with E-state index in [1.807, 2.05) is 54.6 Å². The zero-order valence-electron chi connectivity index (χ0n) is 19.4. The summed E-state index contributed by atoms with van der Waals surface area (Å²) < 4.78 is 12.5. The van der Waals surface area contributed by atoms with E-state index in [0.29, 0.717) is 33.8 Å². The fourth-order valence-electron chi connectivity index (χ4n) is 4.56. The van der Waals surface area contributed by atoms with Crippen molar-refractivity contribution in [2.45, 2.75) is 13.2 Å². The molecule has 0 unspecified atom stereocenters. The van der Waals surface area contributed by atoms with Crippen LogP contribution in [0.2, 0.25) is 0 Å². The summed E-state index contributed by atoms with van der Waals surface area (Å²) in [5.41, 5.74) is 2.49. The molecule has 0 aliphatic heterocycles. The summed E-state index contributed by atoms with van der Waals surface area (Å²) in [6, 6.07) is 18.4. The van der Waals surface area contributed by atoms with Gasteiger partial charge in [-0.15, -0.1) is 0 Å². The van der Waals surface area contributed by atoms with Crippen molar-refractivity contribution in [2.24, 2.45) is 0 Å². The Bertz CT molecular complexity index is 1620. The van der Waals surface area contributed by atoms with Gasteiger partial charge in [0.2, 0.25) is 0 Å². The minimum Gasteiger partial charge on any atom is -0.493 e. The molecule has 7 nitrogen and oxygen atoms in total. The van der Waals surface area contributed by atoms with Crippen molar-refractivity contribution in [3.63, 3.8) is 0 Å². The molecule has 176 valence electrons. The Morgan fingerprint density at radius 2 is 1.63 bits per heavy atom. The zero-order chi connectivity index (χ0) is 24.5. The molecule has 2 aromatic heterocycles. The number of aliphatic hydroxyl groups is 2. The molecule has 2 N–H and O–H groups in total. The number of hydrogen-bond acceptors (Lipinski definition) is 6. The lowest BCUT2D eigenvalue weighted by atomic mass is 9.90. The third-order valence-corrected chi connectivity index (χ3v) is 6.27. The van der Waals surface area contributed by atoms with E-state index in [4.69, 9.17) is 9.47 Å². The van der Waals surface area contributed by atoms with Gasteiger partial charge in [-0.3, -0.25) is 9.36 Å². The number of ether oxygens (including phenoxy) is 2. The Labute approximate surface area is 201 Å². The first kappa shape index (κ1) is 22.6. The number of benzene rings is 3. The molecule has 0 saturated carbocycles. The van der Waals surface area contributed by atoms with Crippen LogP contribution in [0.1, 0.15) is 11.1 Å². The number of aromatic nitrogens is 2. The van der Waals surface area contributed by atoms with Crippen LogP contribution in [0, 0.1) is 0 Å². The van der Waals surface area contributed by atoms with Crippen LogP contribution in [-0.2, 0) is 13.2 Å². The van der Waals surface area contributed by atoms with Gasteiger partial charge in [0.1, 0.15) is 5.82 Å². The van der Waals surface area contributed by atoms with Crippen LogP contribution in [0.25, 0.3) is 38.5 Å². The molecule has 0 atom stereocenters. The second kappa shape index (κ2) is 9.21. The number of pyridine rings is 2. The van der Waals surface area contributed by atoms with E-state index >= 15 is 0 Å². The van der Waals surface area contributed by atoms with Crippen molar-refractivity contribution in [1.29, 1.82) is 0 Å². The highest BCUT2D eigenvalue weighted by Crippen LogP contribution is 2.40. The Hall–Kier alpha value is -4.20. The van der Waals surface area contributed by atoms with E-state index in [0.717, 1.165) is 27.3 Å². The van der Waals surface area contributed by atoms with Gasteiger partial charge in [-0.25, -0.2) is 4.98 Å². The van der Waals surface area contributed by atoms with Gasteiger partial charge in [0.05, 0.1) is 27.4 Å². The number of methoxy groups -OCH3 is 2. The second-order valence-electron chi connectivity index (χ2n) is 8.11. The van der Waals surface area contributed by atoms with Crippen molar-refractivity contribution in [3.05, 3.63) is 94.5 Å². The predicted molar refractivity (Wildman–Crippen MR) is 135 cm³/mol. The van der Waals surface area contributed by atoms with E-state index in [9.17, 15) is 15.0 Å². The van der Waals surface area contributed by atoms with Gasteiger partial charge in [0, 0.05) is 17.8 Å². The van der Waals surface area contributed by atoms with Crippen LogP contribution in [0.3, 0.4) is 0 Å². The van der Waals surface area contributed by atoms with E-state index in [2.05, 4.69) is 4.98 Å². The fourth-order valence-corrected chi connectivity index (χ4v) is 4.56. The third-order valence-electron chi connectivity index (χ3n) is 6.27. The summed E-state index contributed by atoms with van der Waals surface area (Å²) in [6.45, 7) is -0.516. The van der Waals surface area contributed by atoms with Gasteiger partial charge < -0.3 is 19.7 Å². The lowest BCUT2D eigenvalue weighted by molar-refractivity contribution is 0.260. The van der Waals surface area contributed by atoms with E-state index in [-0.39, 0.29) is 18.8 Å². The van der Waals surface area contributed by atoms with Crippen LogP contribution < -0.4 is 15.0 Å². The molecular weight excluding hydrogens is 444 g/mol. The molecule has 5 aromatic rings. The van der Waals surface area contributed by atoms with Crippen molar-refractivity contribution in [1.82, 2.24) is 9.55 Å². The first-order valence-corrected chi connectivity index (χ1v) is 11.1. The summed E-state index contributed by atoms with van der Waals surface area (Å²) in [6.07, 6.45) is 3.34. The lowest BCUT2D eigenvalue weighted by Crippen LogP contribution is -2.18. The number of rotatable bonds is 6. The fraction of sp³-hybridized carbons (Fsp3) is 0.143. The van der Waals surface area contributed by atoms with E-state index in [1.54, 1.807) is 32.7 Å². The average Bonchev–Trinajstić information content (AvgIpc) is 2.91. The van der Waals surface area contributed by atoms with Crippen molar-refractivity contribution >= 4 is 21.5 Å². The minimum absolute atomic E-state index is 0.171. The Balaban J connectivity index is 1.79. The van der Waals surface area contributed by atoms with Gasteiger partial charge in [-0.05, 0) is 80.9 Å². The minimum atomic E-state index is -0.275. The molecule has 2 heterocycles. The summed E-state index contributed by atoms with van der Waals surface area (Å²) in [7, 11) is 3.13. The molecule has 35 heavy (non-hydrogen) atoms. The maximum atomic E-state index is 13.2. The molecule has 7 heteroatoms. The molecule has 0 aliphatic rings. The van der Waals surface area contributed by atoms with Crippen LogP contribution in [0.4, 0.5) is 0 Å². The summed E-state index contributed by atoms with van der Waals surface area (Å²) in [4.78, 5) is 17.6. The maximum absolute atomic E-state index is 13.2. The van der Waals surface area contributed by atoms with E-state index < -0.39 is 0 Å². The molecule has 0 bridgehead atoms. The molecule has 0 radical (unpaired) electrons. The predicted octanol–water partition coefficient (Wildman–Crippen LogP) is 4.21. The third kappa shape index (κ3) is 3.80. The van der Waals surface area contributed by atoms with Crippen molar-refractivity contribution < 1.29 is 19.7 Å². The summed E-state index contributed by atoms with van der Waals surface area (Å²) in [5, 5.41) is 23.4. The maximum Gasteiger partial charge on any atom is 0.264 e. The zero-order valence-corrected chi connectivity index (χ0v) is 19.4.